The molecule has 1 aromatic heterocycles. The lowest BCUT2D eigenvalue weighted by Crippen LogP contribution is -2.29. The van der Waals surface area contributed by atoms with Gasteiger partial charge in [0.2, 0.25) is 0 Å². The summed E-state index contributed by atoms with van der Waals surface area (Å²) in [5.41, 5.74) is 0.0120. The summed E-state index contributed by atoms with van der Waals surface area (Å²) in [4.78, 5) is 16.5. The van der Waals surface area contributed by atoms with Crippen molar-refractivity contribution in [1.82, 2.24) is 14.5 Å². The second-order valence-electron chi connectivity index (χ2n) is 4.66. The highest BCUT2D eigenvalue weighted by Gasteiger charge is 2.24. The Balaban J connectivity index is 1.93. The van der Waals surface area contributed by atoms with Crippen LogP contribution in [0.4, 0.5) is 0 Å². The first kappa shape index (κ1) is 10.5. The van der Waals surface area contributed by atoms with Crippen molar-refractivity contribution in [3.8, 4) is 0 Å². The van der Waals surface area contributed by atoms with Crippen LogP contribution in [0.3, 0.4) is 0 Å². The Bertz CT molecular complexity index is 366. The molecule has 1 aromatic rings. The zero-order chi connectivity index (χ0) is 10.8. The summed E-state index contributed by atoms with van der Waals surface area (Å²) in [6.45, 7) is 7.60. The monoisotopic (exact) mass is 209 g/mol. The van der Waals surface area contributed by atoms with Gasteiger partial charge in [-0.05, 0) is 32.7 Å². The van der Waals surface area contributed by atoms with Gasteiger partial charge < -0.3 is 9.88 Å². The first-order valence-electron chi connectivity index (χ1n) is 5.64. The fraction of sp³-hybridized carbons (Fsp3) is 0.727. The van der Waals surface area contributed by atoms with E-state index in [1.165, 1.54) is 13.0 Å². The Morgan fingerprint density at radius 2 is 2.40 bits per heavy atom. The second kappa shape index (κ2) is 4.23. The number of likely N-dealkylation sites (tertiary alicyclic amines) is 1. The number of hydrogen-bond acceptors (Lipinski definition) is 2. The number of nitrogens with one attached hydrogen (secondary N) is 1. The molecule has 1 saturated heterocycles. The summed E-state index contributed by atoms with van der Waals surface area (Å²) in [5.74, 6) is 0.626. The van der Waals surface area contributed by atoms with Crippen LogP contribution in [0, 0.1) is 5.92 Å². The number of rotatable bonds is 3. The molecule has 0 saturated carbocycles. The summed E-state index contributed by atoms with van der Waals surface area (Å²) < 4.78 is 1.77. The minimum atomic E-state index is 0.0120. The minimum Gasteiger partial charge on any atom is -0.313 e. The highest BCUT2D eigenvalue weighted by atomic mass is 16.1. The van der Waals surface area contributed by atoms with Gasteiger partial charge in [-0.1, -0.05) is 0 Å². The largest absolute Gasteiger partial charge is 0.325 e. The predicted octanol–water partition coefficient (Wildman–Crippen LogP) is 0.907. The maximum atomic E-state index is 11.3. The number of aromatic amines is 1. The van der Waals surface area contributed by atoms with E-state index in [0.717, 1.165) is 13.1 Å². The fourth-order valence-electron chi connectivity index (χ4n) is 2.25. The molecule has 4 heteroatoms. The molecule has 2 heterocycles. The third-order valence-electron chi connectivity index (χ3n) is 3.22. The summed E-state index contributed by atoms with van der Waals surface area (Å²) in [5, 5.41) is 0. The van der Waals surface area contributed by atoms with Crippen molar-refractivity contribution in [2.75, 3.05) is 13.1 Å². The van der Waals surface area contributed by atoms with Gasteiger partial charge in [0, 0.05) is 31.5 Å². The van der Waals surface area contributed by atoms with Crippen molar-refractivity contribution in [1.29, 1.82) is 0 Å². The molecule has 4 nitrogen and oxygen atoms in total. The Morgan fingerprint density at radius 3 is 2.93 bits per heavy atom. The van der Waals surface area contributed by atoms with E-state index >= 15 is 0 Å². The molecule has 1 atom stereocenters. The van der Waals surface area contributed by atoms with Crippen LogP contribution >= 0.6 is 0 Å². The molecule has 0 aromatic carbocycles. The molecule has 84 valence electrons. The van der Waals surface area contributed by atoms with Crippen LogP contribution in [0.5, 0.6) is 0 Å². The Labute approximate surface area is 89.9 Å². The van der Waals surface area contributed by atoms with E-state index in [1.54, 1.807) is 10.8 Å². The fourth-order valence-corrected chi connectivity index (χ4v) is 2.25. The Morgan fingerprint density at radius 1 is 1.60 bits per heavy atom. The van der Waals surface area contributed by atoms with Crippen LogP contribution in [0.1, 0.15) is 20.3 Å². The Kier molecular flexibility index (Phi) is 2.95. The van der Waals surface area contributed by atoms with Crippen LogP contribution in [0.25, 0.3) is 0 Å². The van der Waals surface area contributed by atoms with E-state index in [9.17, 15) is 4.79 Å². The second-order valence-corrected chi connectivity index (χ2v) is 4.66. The summed E-state index contributed by atoms with van der Waals surface area (Å²) in [6, 6.07) is 0.623. The van der Waals surface area contributed by atoms with Crippen LogP contribution in [-0.4, -0.2) is 33.6 Å². The molecule has 1 aliphatic heterocycles. The molecular weight excluding hydrogens is 190 g/mol. The lowest BCUT2D eigenvalue weighted by molar-refractivity contribution is 0.260. The molecule has 0 spiro atoms. The molecule has 0 radical (unpaired) electrons. The van der Waals surface area contributed by atoms with E-state index in [4.69, 9.17) is 0 Å². The normalized spacial score (nSPS) is 22.7. The molecule has 0 aliphatic carbocycles. The molecular formula is C11H19N3O. The standard InChI is InChI=1S/C11H19N3O/c1-9(2)13-5-3-10(7-13)8-14-6-4-12-11(14)15/h4,6,9-10H,3,5,7-8H2,1-2H3,(H,12,15). The average Bonchev–Trinajstić information content (AvgIpc) is 2.77. The van der Waals surface area contributed by atoms with Gasteiger partial charge in [-0.15, -0.1) is 0 Å². The maximum absolute atomic E-state index is 11.3. The van der Waals surface area contributed by atoms with Crippen LogP contribution in [-0.2, 0) is 6.54 Å². The Hall–Kier alpha value is -1.03. The van der Waals surface area contributed by atoms with Crippen molar-refractivity contribution < 1.29 is 0 Å². The quantitative estimate of drug-likeness (QED) is 0.803. The molecule has 1 N–H and O–H groups in total. The summed E-state index contributed by atoms with van der Waals surface area (Å²) in [7, 11) is 0. The summed E-state index contributed by atoms with van der Waals surface area (Å²) in [6.07, 6.45) is 4.74. The molecule has 0 bridgehead atoms. The van der Waals surface area contributed by atoms with Gasteiger partial charge in [-0.25, -0.2) is 4.79 Å². The van der Waals surface area contributed by atoms with Gasteiger partial charge in [0.1, 0.15) is 0 Å². The molecule has 1 unspecified atom stereocenters. The molecule has 1 fully saturated rings. The first-order chi connectivity index (χ1) is 7.16. The lowest BCUT2D eigenvalue weighted by Gasteiger charge is -2.20. The van der Waals surface area contributed by atoms with Gasteiger partial charge in [0.25, 0.3) is 0 Å². The van der Waals surface area contributed by atoms with Crippen LogP contribution < -0.4 is 5.69 Å². The number of aromatic nitrogens is 2. The third-order valence-corrected chi connectivity index (χ3v) is 3.22. The summed E-state index contributed by atoms with van der Waals surface area (Å²) >= 11 is 0. The molecule has 15 heavy (non-hydrogen) atoms. The number of hydrogen-bond donors (Lipinski definition) is 1. The van der Waals surface area contributed by atoms with Gasteiger partial charge in [-0.2, -0.15) is 0 Å². The zero-order valence-electron chi connectivity index (χ0n) is 9.44. The third kappa shape index (κ3) is 2.31. The minimum absolute atomic E-state index is 0.0120. The van der Waals surface area contributed by atoms with Crippen LogP contribution in [0.15, 0.2) is 17.2 Å². The van der Waals surface area contributed by atoms with Gasteiger partial charge in [-0.3, -0.25) is 4.57 Å². The number of nitrogens with zero attached hydrogens (tertiary/aromatic N) is 2. The molecule has 0 amide bonds. The zero-order valence-corrected chi connectivity index (χ0v) is 9.44. The van der Waals surface area contributed by atoms with Gasteiger partial charge in [0.05, 0.1) is 0 Å². The van der Waals surface area contributed by atoms with E-state index in [2.05, 4.69) is 23.7 Å². The smallest absolute Gasteiger partial charge is 0.313 e. The SMILES string of the molecule is CC(C)N1CCC(Cn2cc[nH]c2=O)C1. The van der Waals surface area contributed by atoms with Gasteiger partial charge >= 0.3 is 5.69 Å². The van der Waals surface area contributed by atoms with Crippen molar-refractivity contribution in [3.05, 3.63) is 22.9 Å². The molecule has 2 rings (SSSR count). The van der Waals surface area contributed by atoms with Crippen molar-refractivity contribution >= 4 is 0 Å². The topological polar surface area (TPSA) is 41.0 Å². The highest BCUT2D eigenvalue weighted by Crippen LogP contribution is 2.19. The predicted molar refractivity (Wildman–Crippen MR) is 59.9 cm³/mol. The number of imidazole rings is 1. The van der Waals surface area contributed by atoms with E-state index < -0.39 is 0 Å². The number of H-pyrrole nitrogens is 1. The highest BCUT2D eigenvalue weighted by molar-refractivity contribution is 4.82. The van der Waals surface area contributed by atoms with E-state index in [1.807, 2.05) is 6.20 Å². The first-order valence-corrected chi connectivity index (χ1v) is 5.64. The van der Waals surface area contributed by atoms with Crippen LogP contribution in [0.2, 0.25) is 0 Å². The van der Waals surface area contributed by atoms with Gasteiger partial charge in [0.15, 0.2) is 0 Å². The van der Waals surface area contributed by atoms with E-state index in [-0.39, 0.29) is 5.69 Å². The van der Waals surface area contributed by atoms with Crippen molar-refractivity contribution in [3.63, 3.8) is 0 Å². The van der Waals surface area contributed by atoms with Crippen molar-refractivity contribution in [2.45, 2.75) is 32.9 Å². The van der Waals surface area contributed by atoms with Crippen molar-refractivity contribution in [2.24, 2.45) is 5.92 Å². The lowest BCUT2D eigenvalue weighted by atomic mass is 10.1. The van der Waals surface area contributed by atoms with E-state index in [0.29, 0.717) is 12.0 Å². The maximum Gasteiger partial charge on any atom is 0.325 e. The average molecular weight is 209 g/mol. The molecule has 1 aliphatic rings.